The van der Waals surface area contributed by atoms with Crippen LogP contribution in [0.25, 0.3) is 10.9 Å². The van der Waals surface area contributed by atoms with Crippen molar-refractivity contribution in [1.82, 2.24) is 24.5 Å². The SMILES string of the molecule is O=C(Nc1ncccn1)c1ccc(C(=O)n2cc(Cc3ncc[nH]3)c3ccccc32)cc1. The minimum atomic E-state index is -0.345. The number of nitrogens with zero attached hydrogens (tertiary/aromatic N) is 4. The summed E-state index contributed by atoms with van der Waals surface area (Å²) in [6.07, 6.45) is 9.03. The normalized spacial score (nSPS) is 10.9. The van der Waals surface area contributed by atoms with E-state index in [-0.39, 0.29) is 17.8 Å². The standard InChI is InChI=1S/C24H18N6O2/c31-22(29-24-27-10-3-11-28-24)16-6-8-17(9-7-16)23(32)30-15-18(14-21-25-12-13-26-21)19-4-1-2-5-20(19)30/h1-13,15H,14H2,(H,25,26)(H,27,28,29,31). The molecule has 0 aliphatic heterocycles. The van der Waals surface area contributed by atoms with Gasteiger partial charge in [-0.05, 0) is 42.0 Å². The monoisotopic (exact) mass is 422 g/mol. The van der Waals surface area contributed by atoms with Gasteiger partial charge >= 0.3 is 0 Å². The van der Waals surface area contributed by atoms with Gasteiger partial charge < -0.3 is 4.98 Å². The summed E-state index contributed by atoms with van der Waals surface area (Å²) in [6.45, 7) is 0. The Morgan fingerprint density at radius 1 is 0.875 bits per heavy atom. The lowest BCUT2D eigenvalue weighted by molar-refractivity contribution is 0.0962. The quantitative estimate of drug-likeness (QED) is 0.449. The van der Waals surface area contributed by atoms with E-state index in [0.29, 0.717) is 17.5 Å². The Bertz CT molecular complexity index is 1390. The highest BCUT2D eigenvalue weighted by atomic mass is 16.2. The van der Waals surface area contributed by atoms with Crippen LogP contribution in [0.2, 0.25) is 0 Å². The summed E-state index contributed by atoms with van der Waals surface area (Å²) in [4.78, 5) is 41.0. The molecule has 0 fully saturated rings. The fourth-order valence-corrected chi connectivity index (χ4v) is 3.57. The lowest BCUT2D eigenvalue weighted by Crippen LogP contribution is -2.15. The van der Waals surface area contributed by atoms with Crippen molar-refractivity contribution in [3.8, 4) is 0 Å². The summed E-state index contributed by atoms with van der Waals surface area (Å²) >= 11 is 0. The lowest BCUT2D eigenvalue weighted by atomic mass is 10.1. The third kappa shape index (κ3) is 3.77. The molecule has 0 bridgehead atoms. The minimum Gasteiger partial charge on any atom is -0.348 e. The second-order valence-corrected chi connectivity index (χ2v) is 7.16. The highest BCUT2D eigenvalue weighted by Gasteiger charge is 2.17. The number of rotatable bonds is 5. The molecular weight excluding hydrogens is 404 g/mol. The largest absolute Gasteiger partial charge is 0.348 e. The van der Waals surface area contributed by atoms with E-state index in [2.05, 4.69) is 25.3 Å². The minimum absolute atomic E-state index is 0.176. The summed E-state index contributed by atoms with van der Waals surface area (Å²) in [7, 11) is 0. The van der Waals surface area contributed by atoms with Crippen LogP contribution in [0.3, 0.4) is 0 Å². The van der Waals surface area contributed by atoms with E-state index in [1.54, 1.807) is 59.7 Å². The molecule has 8 heteroatoms. The van der Waals surface area contributed by atoms with Crippen molar-refractivity contribution in [2.45, 2.75) is 6.42 Å². The van der Waals surface area contributed by atoms with Crippen molar-refractivity contribution >= 4 is 28.7 Å². The van der Waals surface area contributed by atoms with Gasteiger partial charge in [-0.25, -0.2) is 15.0 Å². The Morgan fingerprint density at radius 2 is 1.62 bits per heavy atom. The molecule has 3 heterocycles. The van der Waals surface area contributed by atoms with Crippen LogP contribution in [-0.4, -0.2) is 36.3 Å². The Hall–Kier alpha value is -4.59. The average molecular weight is 422 g/mol. The Labute approximate surface area is 183 Å². The molecule has 156 valence electrons. The maximum Gasteiger partial charge on any atom is 0.262 e. The van der Waals surface area contributed by atoms with E-state index in [0.717, 1.165) is 22.3 Å². The van der Waals surface area contributed by atoms with Crippen LogP contribution >= 0.6 is 0 Å². The molecule has 0 saturated carbocycles. The lowest BCUT2D eigenvalue weighted by Gasteiger charge is -2.06. The Kier molecular flexibility index (Phi) is 5.01. The van der Waals surface area contributed by atoms with Crippen molar-refractivity contribution in [3.05, 3.63) is 108 Å². The third-order valence-electron chi connectivity index (χ3n) is 5.11. The fraction of sp³-hybridized carbons (Fsp3) is 0.0417. The van der Waals surface area contributed by atoms with Crippen molar-refractivity contribution < 1.29 is 9.59 Å². The number of H-pyrrole nitrogens is 1. The van der Waals surface area contributed by atoms with Gasteiger partial charge in [0.15, 0.2) is 0 Å². The van der Waals surface area contributed by atoms with E-state index < -0.39 is 0 Å². The molecule has 5 aromatic rings. The van der Waals surface area contributed by atoms with Crippen LogP contribution in [0, 0.1) is 0 Å². The zero-order valence-electron chi connectivity index (χ0n) is 16.9. The first kappa shape index (κ1) is 19.4. The van der Waals surface area contributed by atoms with Gasteiger partial charge in [0.05, 0.1) is 5.52 Å². The molecule has 0 unspecified atom stereocenters. The molecule has 0 aliphatic rings. The first-order chi connectivity index (χ1) is 15.7. The molecule has 0 spiro atoms. The van der Waals surface area contributed by atoms with Crippen molar-refractivity contribution in [1.29, 1.82) is 0 Å². The molecule has 0 saturated heterocycles. The number of fused-ring (bicyclic) bond motifs is 1. The van der Waals surface area contributed by atoms with Crippen LogP contribution in [0.15, 0.2) is 85.6 Å². The maximum absolute atomic E-state index is 13.3. The average Bonchev–Trinajstić information content (AvgIpc) is 3.48. The predicted octanol–water partition coefficient (Wildman–Crippen LogP) is 3.69. The van der Waals surface area contributed by atoms with E-state index in [9.17, 15) is 9.59 Å². The number of carbonyl (C=O) groups excluding carboxylic acids is 2. The number of aromatic amines is 1. The van der Waals surface area contributed by atoms with Crippen molar-refractivity contribution in [3.63, 3.8) is 0 Å². The molecular formula is C24H18N6O2. The molecule has 2 N–H and O–H groups in total. The highest BCUT2D eigenvalue weighted by Crippen LogP contribution is 2.24. The predicted molar refractivity (Wildman–Crippen MR) is 119 cm³/mol. The summed E-state index contributed by atoms with van der Waals surface area (Å²) < 4.78 is 1.64. The van der Waals surface area contributed by atoms with Crippen LogP contribution in [-0.2, 0) is 6.42 Å². The second kappa shape index (κ2) is 8.27. The van der Waals surface area contributed by atoms with E-state index in [1.165, 1.54) is 0 Å². The fourth-order valence-electron chi connectivity index (χ4n) is 3.57. The topological polar surface area (TPSA) is 106 Å². The number of hydrogen-bond donors (Lipinski definition) is 2. The first-order valence-corrected chi connectivity index (χ1v) is 9.99. The molecule has 32 heavy (non-hydrogen) atoms. The molecule has 0 radical (unpaired) electrons. The number of para-hydroxylation sites is 1. The molecule has 1 amide bonds. The molecule has 0 aliphatic carbocycles. The van der Waals surface area contributed by atoms with Gasteiger partial charge in [0.2, 0.25) is 5.95 Å². The number of benzene rings is 2. The van der Waals surface area contributed by atoms with Gasteiger partial charge in [-0.15, -0.1) is 0 Å². The van der Waals surface area contributed by atoms with Crippen LogP contribution in [0.4, 0.5) is 5.95 Å². The molecule has 5 rings (SSSR count). The van der Waals surface area contributed by atoms with E-state index in [4.69, 9.17) is 0 Å². The van der Waals surface area contributed by atoms with Gasteiger partial charge in [-0.2, -0.15) is 0 Å². The molecule has 3 aromatic heterocycles. The number of imidazole rings is 1. The molecule has 0 atom stereocenters. The van der Waals surface area contributed by atoms with Crippen molar-refractivity contribution in [2.24, 2.45) is 0 Å². The third-order valence-corrected chi connectivity index (χ3v) is 5.11. The smallest absolute Gasteiger partial charge is 0.262 e. The van der Waals surface area contributed by atoms with Gasteiger partial charge in [-0.1, -0.05) is 18.2 Å². The maximum atomic E-state index is 13.3. The van der Waals surface area contributed by atoms with Gasteiger partial charge in [0, 0.05) is 53.9 Å². The summed E-state index contributed by atoms with van der Waals surface area (Å²) in [5.41, 5.74) is 2.71. The van der Waals surface area contributed by atoms with Crippen LogP contribution in [0.5, 0.6) is 0 Å². The number of carbonyl (C=O) groups is 2. The molecule has 2 aromatic carbocycles. The summed E-state index contributed by atoms with van der Waals surface area (Å²) in [6, 6.07) is 15.9. The van der Waals surface area contributed by atoms with Gasteiger partial charge in [0.1, 0.15) is 5.82 Å². The number of hydrogen-bond acceptors (Lipinski definition) is 5. The zero-order chi connectivity index (χ0) is 21.9. The van der Waals surface area contributed by atoms with E-state index >= 15 is 0 Å². The van der Waals surface area contributed by atoms with Crippen LogP contribution in [0.1, 0.15) is 32.1 Å². The Morgan fingerprint density at radius 3 is 2.38 bits per heavy atom. The van der Waals surface area contributed by atoms with Crippen LogP contribution < -0.4 is 5.32 Å². The number of anilines is 1. The van der Waals surface area contributed by atoms with Gasteiger partial charge in [0.25, 0.3) is 11.8 Å². The Balaban J connectivity index is 1.41. The summed E-state index contributed by atoms with van der Waals surface area (Å²) in [5.74, 6) is 0.534. The number of nitrogens with one attached hydrogen (secondary N) is 2. The first-order valence-electron chi connectivity index (χ1n) is 9.99. The number of amides is 1. The number of aromatic nitrogens is 5. The van der Waals surface area contributed by atoms with E-state index in [1.807, 2.05) is 30.5 Å². The summed E-state index contributed by atoms with van der Waals surface area (Å²) in [5, 5.41) is 3.62. The highest BCUT2D eigenvalue weighted by molar-refractivity contribution is 6.06. The van der Waals surface area contributed by atoms with Gasteiger partial charge in [-0.3, -0.25) is 19.5 Å². The van der Waals surface area contributed by atoms with Crippen molar-refractivity contribution in [2.75, 3.05) is 5.32 Å². The molecule has 8 nitrogen and oxygen atoms in total. The second-order valence-electron chi connectivity index (χ2n) is 7.16. The zero-order valence-corrected chi connectivity index (χ0v) is 16.9.